The van der Waals surface area contributed by atoms with E-state index in [0.29, 0.717) is 5.66 Å². The van der Waals surface area contributed by atoms with E-state index < -0.39 is 0 Å². The first-order valence-electron chi connectivity index (χ1n) is 3.41. The molecule has 1 saturated carbocycles. The fourth-order valence-corrected chi connectivity index (χ4v) is 1.28. The molecule has 0 unspecified atom stereocenters. The lowest BCUT2D eigenvalue weighted by atomic mass is 10.3. The van der Waals surface area contributed by atoms with Gasteiger partial charge >= 0.3 is 0 Å². The topological polar surface area (TPSA) is 24.1 Å². The summed E-state index contributed by atoms with van der Waals surface area (Å²) in [4.78, 5) is 0. The van der Waals surface area contributed by atoms with Crippen LogP contribution >= 0.6 is 0 Å². The van der Waals surface area contributed by atoms with Gasteiger partial charge in [-0.05, 0) is 32.4 Å². The lowest BCUT2D eigenvalue weighted by molar-refractivity contribution is 0.351. The monoisotopic (exact) mass is 112 g/mol. The highest BCUT2D eigenvalue weighted by molar-refractivity contribution is 5.00. The van der Waals surface area contributed by atoms with E-state index in [9.17, 15) is 0 Å². The van der Waals surface area contributed by atoms with Gasteiger partial charge in [-0.25, -0.2) is 0 Å². The molecule has 2 heteroatoms. The van der Waals surface area contributed by atoms with E-state index in [4.69, 9.17) is 0 Å². The molecule has 0 bridgehead atoms. The van der Waals surface area contributed by atoms with Crippen molar-refractivity contribution in [1.29, 1.82) is 0 Å². The summed E-state index contributed by atoms with van der Waals surface area (Å²) in [5.41, 5.74) is 0.429. The Morgan fingerprint density at radius 1 is 1.00 bits per heavy atom. The van der Waals surface area contributed by atoms with Crippen LogP contribution in [0.25, 0.3) is 0 Å². The van der Waals surface area contributed by atoms with Gasteiger partial charge in [0, 0.05) is 0 Å². The van der Waals surface area contributed by atoms with E-state index in [-0.39, 0.29) is 0 Å². The van der Waals surface area contributed by atoms with Gasteiger partial charge in [0.05, 0.1) is 5.66 Å². The van der Waals surface area contributed by atoms with Gasteiger partial charge in [0.25, 0.3) is 0 Å². The van der Waals surface area contributed by atoms with E-state index >= 15 is 0 Å². The van der Waals surface area contributed by atoms with E-state index in [1.807, 2.05) is 0 Å². The highest BCUT2D eigenvalue weighted by Gasteiger charge is 2.42. The van der Waals surface area contributed by atoms with Gasteiger partial charge in [-0.2, -0.15) is 0 Å². The molecule has 2 N–H and O–H groups in total. The second kappa shape index (κ2) is 1.45. The van der Waals surface area contributed by atoms with Gasteiger partial charge in [-0.3, -0.25) is 10.6 Å². The number of hydrogen-bond acceptors (Lipinski definition) is 2. The Morgan fingerprint density at radius 3 is 2.00 bits per heavy atom. The van der Waals surface area contributed by atoms with Crippen LogP contribution in [0.4, 0.5) is 0 Å². The second-order valence-electron chi connectivity index (χ2n) is 2.79. The van der Waals surface area contributed by atoms with Crippen LogP contribution in [0.3, 0.4) is 0 Å². The molecule has 0 amide bonds. The van der Waals surface area contributed by atoms with Crippen molar-refractivity contribution in [2.24, 2.45) is 0 Å². The predicted octanol–water partition coefficient (Wildman–Crippen LogP) is 0.0594. The molecule has 1 heterocycles. The minimum Gasteiger partial charge on any atom is -0.299 e. The van der Waals surface area contributed by atoms with Gasteiger partial charge in [0.2, 0.25) is 0 Å². The van der Waals surface area contributed by atoms with Crippen molar-refractivity contribution in [1.82, 2.24) is 10.6 Å². The number of hydrogen-bond donors (Lipinski definition) is 2. The second-order valence-corrected chi connectivity index (χ2v) is 2.79. The zero-order valence-corrected chi connectivity index (χ0v) is 5.04. The molecule has 2 nitrogen and oxygen atoms in total. The SMILES string of the molecule is C1CNC2(CC2)NC1. The third-order valence-corrected chi connectivity index (χ3v) is 2.03. The summed E-state index contributed by atoms with van der Waals surface area (Å²) in [7, 11) is 0. The Bertz CT molecular complexity index is 88.7. The average Bonchev–Trinajstić information content (AvgIpc) is 2.52. The molecule has 0 aromatic heterocycles. The maximum Gasteiger partial charge on any atom is 0.0689 e. The van der Waals surface area contributed by atoms with Crippen LogP contribution in [0.2, 0.25) is 0 Å². The van der Waals surface area contributed by atoms with Crippen molar-refractivity contribution >= 4 is 0 Å². The molecule has 0 aromatic rings. The Labute approximate surface area is 49.7 Å². The molecule has 0 radical (unpaired) electrons. The molecule has 1 spiro atoms. The first-order valence-corrected chi connectivity index (χ1v) is 3.41. The lowest BCUT2D eigenvalue weighted by Crippen LogP contribution is -2.50. The fraction of sp³-hybridized carbons (Fsp3) is 1.00. The minimum absolute atomic E-state index is 0.429. The summed E-state index contributed by atoms with van der Waals surface area (Å²) >= 11 is 0. The quantitative estimate of drug-likeness (QED) is 0.463. The fourth-order valence-electron chi connectivity index (χ4n) is 1.28. The Balaban J connectivity index is 1.95. The summed E-state index contributed by atoms with van der Waals surface area (Å²) in [6.07, 6.45) is 3.97. The van der Waals surface area contributed by atoms with Gasteiger partial charge in [-0.15, -0.1) is 0 Å². The van der Waals surface area contributed by atoms with Crippen molar-refractivity contribution in [3.05, 3.63) is 0 Å². The molecule has 2 aliphatic rings. The maximum absolute atomic E-state index is 3.46. The van der Waals surface area contributed by atoms with Crippen molar-refractivity contribution in [2.45, 2.75) is 24.9 Å². The zero-order valence-electron chi connectivity index (χ0n) is 5.04. The number of nitrogens with one attached hydrogen (secondary N) is 2. The standard InChI is InChI=1S/C6H12N2/c1-4-7-6(2-3-6)8-5-1/h7-8H,1-5H2. The maximum atomic E-state index is 3.46. The third-order valence-electron chi connectivity index (χ3n) is 2.03. The Kier molecular flexibility index (Phi) is 0.866. The molecule has 1 aliphatic heterocycles. The summed E-state index contributed by atoms with van der Waals surface area (Å²) in [5, 5.41) is 6.92. The molecule has 0 aromatic carbocycles. The molecule has 1 aliphatic carbocycles. The van der Waals surface area contributed by atoms with Gasteiger partial charge < -0.3 is 0 Å². The molecule has 8 heavy (non-hydrogen) atoms. The summed E-state index contributed by atoms with van der Waals surface area (Å²) in [6.45, 7) is 2.43. The minimum atomic E-state index is 0.429. The van der Waals surface area contributed by atoms with Crippen molar-refractivity contribution in [3.63, 3.8) is 0 Å². The van der Waals surface area contributed by atoms with E-state index in [1.54, 1.807) is 0 Å². The summed E-state index contributed by atoms with van der Waals surface area (Å²) in [6, 6.07) is 0. The first-order chi connectivity index (χ1) is 3.91. The van der Waals surface area contributed by atoms with Crippen LogP contribution < -0.4 is 10.6 Å². The normalized spacial score (nSPS) is 33.0. The van der Waals surface area contributed by atoms with Crippen LogP contribution in [0.15, 0.2) is 0 Å². The van der Waals surface area contributed by atoms with E-state index in [1.165, 1.54) is 32.4 Å². The van der Waals surface area contributed by atoms with Crippen molar-refractivity contribution < 1.29 is 0 Å². The molecule has 46 valence electrons. The molecule has 1 saturated heterocycles. The molecular formula is C6H12N2. The lowest BCUT2D eigenvalue weighted by Gasteiger charge is -2.24. The highest BCUT2D eigenvalue weighted by Crippen LogP contribution is 2.33. The first kappa shape index (κ1) is 4.77. The van der Waals surface area contributed by atoms with Crippen LogP contribution in [-0.2, 0) is 0 Å². The van der Waals surface area contributed by atoms with Crippen LogP contribution in [0.1, 0.15) is 19.3 Å². The predicted molar refractivity (Wildman–Crippen MR) is 32.6 cm³/mol. The van der Waals surface area contributed by atoms with Gasteiger partial charge in [-0.1, -0.05) is 0 Å². The summed E-state index contributed by atoms with van der Waals surface area (Å²) < 4.78 is 0. The van der Waals surface area contributed by atoms with E-state index in [0.717, 1.165) is 0 Å². The zero-order chi connectivity index (χ0) is 5.45. The van der Waals surface area contributed by atoms with Crippen LogP contribution in [0.5, 0.6) is 0 Å². The third kappa shape index (κ3) is 0.644. The van der Waals surface area contributed by atoms with Crippen molar-refractivity contribution in [3.8, 4) is 0 Å². The van der Waals surface area contributed by atoms with Crippen molar-refractivity contribution in [2.75, 3.05) is 13.1 Å². The van der Waals surface area contributed by atoms with Gasteiger partial charge in [0.15, 0.2) is 0 Å². The highest BCUT2D eigenvalue weighted by atomic mass is 15.2. The van der Waals surface area contributed by atoms with Crippen LogP contribution in [0, 0.1) is 0 Å². The Hall–Kier alpha value is -0.0800. The molecular weight excluding hydrogens is 100 g/mol. The molecule has 2 rings (SSSR count). The average molecular weight is 112 g/mol. The largest absolute Gasteiger partial charge is 0.299 e. The van der Waals surface area contributed by atoms with Gasteiger partial charge in [0.1, 0.15) is 0 Å². The molecule has 2 fully saturated rings. The Morgan fingerprint density at radius 2 is 1.62 bits per heavy atom. The molecule has 0 atom stereocenters. The number of rotatable bonds is 0. The van der Waals surface area contributed by atoms with Crippen LogP contribution in [-0.4, -0.2) is 18.8 Å². The van der Waals surface area contributed by atoms with E-state index in [2.05, 4.69) is 10.6 Å². The smallest absolute Gasteiger partial charge is 0.0689 e. The summed E-state index contributed by atoms with van der Waals surface area (Å²) in [5.74, 6) is 0.